The molecule has 1 N–H and O–H groups in total. The molecule has 2 aromatic rings. The number of halogens is 1. The number of piperazine rings is 1. The molecular formula is C23H31FN2O4. The van der Waals surface area contributed by atoms with Crippen LogP contribution in [0.2, 0.25) is 0 Å². The first-order valence-electron chi connectivity index (χ1n) is 10.2. The van der Waals surface area contributed by atoms with Crippen LogP contribution in [0.1, 0.15) is 17.5 Å². The molecule has 1 aliphatic heterocycles. The largest absolute Gasteiger partial charge is 0.497 e. The van der Waals surface area contributed by atoms with Crippen LogP contribution in [-0.4, -0.2) is 68.5 Å². The summed E-state index contributed by atoms with van der Waals surface area (Å²) in [6.07, 6.45) is 0.665. The highest BCUT2D eigenvalue weighted by Crippen LogP contribution is 2.26. The normalized spacial score (nSPS) is 17.7. The molecule has 30 heavy (non-hydrogen) atoms. The Bertz CT molecular complexity index is 811. The number of ether oxygens (including phenoxy) is 3. The number of methoxy groups -OCH3 is 3. The number of benzene rings is 2. The summed E-state index contributed by atoms with van der Waals surface area (Å²) in [5.41, 5.74) is 1.73. The second-order valence-electron chi connectivity index (χ2n) is 7.55. The highest BCUT2D eigenvalue weighted by Gasteiger charge is 2.27. The van der Waals surface area contributed by atoms with Crippen molar-refractivity contribution in [2.24, 2.45) is 0 Å². The fourth-order valence-electron chi connectivity index (χ4n) is 3.96. The Morgan fingerprint density at radius 1 is 0.933 bits per heavy atom. The Labute approximate surface area is 177 Å². The van der Waals surface area contributed by atoms with Crippen molar-refractivity contribution in [3.8, 4) is 17.2 Å². The lowest BCUT2D eigenvalue weighted by molar-refractivity contribution is 0.0494. The molecule has 0 aromatic heterocycles. The first-order valence-corrected chi connectivity index (χ1v) is 10.2. The van der Waals surface area contributed by atoms with E-state index in [0.29, 0.717) is 24.3 Å². The summed E-state index contributed by atoms with van der Waals surface area (Å²) in [6, 6.07) is 10.9. The molecule has 0 radical (unpaired) electrons. The predicted molar refractivity (Wildman–Crippen MR) is 114 cm³/mol. The van der Waals surface area contributed by atoms with Crippen molar-refractivity contribution >= 4 is 0 Å². The summed E-state index contributed by atoms with van der Waals surface area (Å²) >= 11 is 0. The van der Waals surface area contributed by atoms with E-state index in [4.69, 9.17) is 14.2 Å². The van der Waals surface area contributed by atoms with Crippen LogP contribution >= 0.6 is 0 Å². The van der Waals surface area contributed by atoms with Crippen LogP contribution in [0, 0.1) is 5.82 Å². The highest BCUT2D eigenvalue weighted by atomic mass is 19.1. The van der Waals surface area contributed by atoms with Gasteiger partial charge in [-0.2, -0.15) is 0 Å². The number of hydrogen-bond donors (Lipinski definition) is 1. The van der Waals surface area contributed by atoms with E-state index in [1.165, 1.54) is 6.07 Å². The lowest BCUT2D eigenvalue weighted by Crippen LogP contribution is -2.52. The summed E-state index contributed by atoms with van der Waals surface area (Å²) < 4.78 is 30.3. The Balaban J connectivity index is 1.70. The second-order valence-corrected chi connectivity index (χ2v) is 7.55. The van der Waals surface area contributed by atoms with Crippen LogP contribution in [0.25, 0.3) is 0 Å². The third kappa shape index (κ3) is 5.62. The van der Waals surface area contributed by atoms with Crippen molar-refractivity contribution in [1.82, 2.24) is 9.80 Å². The zero-order chi connectivity index (χ0) is 21.5. The van der Waals surface area contributed by atoms with Gasteiger partial charge in [0.1, 0.15) is 23.1 Å². The van der Waals surface area contributed by atoms with Gasteiger partial charge in [-0.05, 0) is 42.3 Å². The quantitative estimate of drug-likeness (QED) is 0.676. The van der Waals surface area contributed by atoms with Crippen LogP contribution in [0.15, 0.2) is 36.4 Å². The van der Waals surface area contributed by atoms with Crippen molar-refractivity contribution in [3.63, 3.8) is 0 Å². The molecule has 1 atom stereocenters. The standard InChI is InChI=1S/C23H31FN2O4/c1-28-20-4-5-23(24)18(12-20)15-25-7-8-26(19(16-25)6-9-27)14-17-10-21(29-2)13-22(11-17)30-3/h4-5,10-13,19,27H,6-9,14-16H2,1-3H3. The van der Waals surface area contributed by atoms with Crippen LogP contribution in [0.3, 0.4) is 0 Å². The Kier molecular flexibility index (Phi) is 7.90. The molecule has 1 aliphatic rings. The van der Waals surface area contributed by atoms with Crippen LogP contribution in [0.5, 0.6) is 17.2 Å². The number of nitrogens with zero attached hydrogens (tertiary/aromatic N) is 2. The van der Waals surface area contributed by atoms with E-state index in [-0.39, 0.29) is 18.5 Å². The third-order valence-corrected chi connectivity index (χ3v) is 5.59. The molecule has 164 valence electrons. The SMILES string of the molecule is COc1cc(CN2CCN(Cc3cc(OC)ccc3F)CC2CCO)cc(OC)c1. The van der Waals surface area contributed by atoms with Gasteiger partial charge in [-0.1, -0.05) is 0 Å². The first-order chi connectivity index (χ1) is 14.6. The Morgan fingerprint density at radius 2 is 1.63 bits per heavy atom. The maximum atomic E-state index is 14.3. The first kappa shape index (κ1) is 22.3. The molecule has 3 rings (SSSR count). The van der Waals surface area contributed by atoms with E-state index in [9.17, 15) is 9.50 Å². The Morgan fingerprint density at radius 3 is 2.27 bits per heavy atom. The third-order valence-electron chi connectivity index (χ3n) is 5.59. The van der Waals surface area contributed by atoms with Crippen molar-refractivity contribution in [1.29, 1.82) is 0 Å². The Hall–Kier alpha value is -2.35. The van der Waals surface area contributed by atoms with Gasteiger partial charge in [0.15, 0.2) is 0 Å². The summed E-state index contributed by atoms with van der Waals surface area (Å²) in [5, 5.41) is 9.59. The van der Waals surface area contributed by atoms with Gasteiger partial charge in [0.05, 0.1) is 21.3 Å². The lowest BCUT2D eigenvalue weighted by Gasteiger charge is -2.41. The van der Waals surface area contributed by atoms with E-state index >= 15 is 0 Å². The minimum Gasteiger partial charge on any atom is -0.497 e. The van der Waals surface area contributed by atoms with Gasteiger partial charge >= 0.3 is 0 Å². The average Bonchev–Trinajstić information content (AvgIpc) is 2.77. The minimum absolute atomic E-state index is 0.115. The van der Waals surface area contributed by atoms with Crippen LogP contribution < -0.4 is 14.2 Å². The lowest BCUT2D eigenvalue weighted by atomic mass is 10.1. The molecule has 0 amide bonds. The van der Waals surface area contributed by atoms with Gasteiger partial charge in [-0.3, -0.25) is 9.80 Å². The van der Waals surface area contributed by atoms with Gasteiger partial charge in [-0.25, -0.2) is 4.39 Å². The molecule has 0 aliphatic carbocycles. The van der Waals surface area contributed by atoms with Gasteiger partial charge in [0.2, 0.25) is 0 Å². The van der Waals surface area contributed by atoms with Gasteiger partial charge in [-0.15, -0.1) is 0 Å². The molecule has 1 heterocycles. The summed E-state index contributed by atoms with van der Waals surface area (Å²) in [5.74, 6) is 1.95. The zero-order valence-electron chi connectivity index (χ0n) is 17.9. The fourth-order valence-corrected chi connectivity index (χ4v) is 3.96. The van der Waals surface area contributed by atoms with E-state index < -0.39 is 0 Å². The molecule has 1 fully saturated rings. The van der Waals surface area contributed by atoms with Crippen LogP contribution in [0.4, 0.5) is 4.39 Å². The predicted octanol–water partition coefficient (Wildman–Crippen LogP) is 2.92. The molecule has 6 nitrogen and oxygen atoms in total. The van der Waals surface area contributed by atoms with Crippen molar-refractivity contribution < 1.29 is 23.7 Å². The average molecular weight is 419 g/mol. The van der Waals surface area contributed by atoms with Crippen molar-refractivity contribution in [2.75, 3.05) is 47.6 Å². The molecule has 0 saturated carbocycles. The number of aliphatic hydroxyl groups excluding tert-OH is 1. The summed E-state index contributed by atoms with van der Waals surface area (Å²) in [7, 11) is 4.87. The van der Waals surface area contributed by atoms with Gasteiger partial charge in [0, 0.05) is 57.0 Å². The minimum atomic E-state index is -0.222. The van der Waals surface area contributed by atoms with Crippen molar-refractivity contribution in [3.05, 3.63) is 53.3 Å². The fraction of sp³-hybridized carbons (Fsp3) is 0.478. The molecule has 0 spiro atoms. The number of aliphatic hydroxyl groups is 1. The highest BCUT2D eigenvalue weighted by molar-refractivity contribution is 5.38. The van der Waals surface area contributed by atoms with Crippen molar-refractivity contribution in [2.45, 2.75) is 25.6 Å². The second kappa shape index (κ2) is 10.6. The number of hydrogen-bond acceptors (Lipinski definition) is 6. The molecule has 1 unspecified atom stereocenters. The molecular weight excluding hydrogens is 387 g/mol. The molecule has 2 aromatic carbocycles. The van der Waals surface area contributed by atoms with E-state index in [1.54, 1.807) is 33.5 Å². The molecule has 1 saturated heterocycles. The van der Waals surface area contributed by atoms with Gasteiger partial charge < -0.3 is 19.3 Å². The van der Waals surface area contributed by atoms with E-state index in [1.807, 2.05) is 18.2 Å². The topological polar surface area (TPSA) is 54.4 Å². The monoisotopic (exact) mass is 418 g/mol. The van der Waals surface area contributed by atoms with Gasteiger partial charge in [0.25, 0.3) is 0 Å². The number of rotatable bonds is 9. The maximum Gasteiger partial charge on any atom is 0.127 e. The molecule has 0 bridgehead atoms. The van der Waals surface area contributed by atoms with E-state index in [0.717, 1.165) is 43.2 Å². The smallest absolute Gasteiger partial charge is 0.127 e. The summed E-state index contributed by atoms with van der Waals surface area (Å²) in [4.78, 5) is 4.60. The maximum absolute atomic E-state index is 14.3. The van der Waals surface area contributed by atoms with Crippen LogP contribution in [-0.2, 0) is 13.1 Å². The summed E-state index contributed by atoms with van der Waals surface area (Å²) in [6.45, 7) is 3.78. The van der Waals surface area contributed by atoms with E-state index in [2.05, 4.69) is 9.80 Å². The molecule has 7 heteroatoms. The zero-order valence-corrected chi connectivity index (χ0v) is 17.9.